The van der Waals surface area contributed by atoms with Gasteiger partial charge in [0, 0.05) is 29.2 Å². The lowest BCUT2D eigenvalue weighted by Crippen LogP contribution is -2.22. The van der Waals surface area contributed by atoms with Crippen LogP contribution in [0.15, 0.2) is 29.9 Å². The topological polar surface area (TPSA) is 42.0 Å². The molecule has 19 heavy (non-hydrogen) atoms. The van der Waals surface area contributed by atoms with E-state index in [4.69, 9.17) is 0 Å². The fraction of sp³-hybridized carbons (Fsp3) is 0.333. The summed E-state index contributed by atoms with van der Waals surface area (Å²) in [5.74, 6) is 0.721. The summed E-state index contributed by atoms with van der Waals surface area (Å²) in [6.07, 6.45) is 6.12. The standard InChI is InChI=1S/C15H16N2OS/c1-10-4-5-16-7-13(10)8-17-15(18)12-6-14(19-9-12)11-2-3-11/h4-7,9,11H,2-3,8H2,1H3,(H,17,18). The number of carbonyl (C=O) groups excluding carboxylic acids is 1. The van der Waals surface area contributed by atoms with E-state index in [1.807, 2.05) is 24.4 Å². The van der Waals surface area contributed by atoms with Gasteiger partial charge in [0.15, 0.2) is 0 Å². The molecule has 2 heterocycles. The van der Waals surface area contributed by atoms with Crippen molar-refractivity contribution in [3.8, 4) is 0 Å². The molecule has 0 bridgehead atoms. The van der Waals surface area contributed by atoms with Crippen LogP contribution in [-0.2, 0) is 6.54 Å². The van der Waals surface area contributed by atoms with Crippen LogP contribution in [0.2, 0.25) is 0 Å². The summed E-state index contributed by atoms with van der Waals surface area (Å²) in [5.41, 5.74) is 3.00. The molecular formula is C15H16N2OS. The van der Waals surface area contributed by atoms with Gasteiger partial charge in [0.05, 0.1) is 5.56 Å². The summed E-state index contributed by atoms with van der Waals surface area (Å²) in [7, 11) is 0. The van der Waals surface area contributed by atoms with E-state index < -0.39 is 0 Å². The molecule has 2 aromatic heterocycles. The van der Waals surface area contributed by atoms with Crippen molar-refractivity contribution >= 4 is 17.2 Å². The van der Waals surface area contributed by atoms with Gasteiger partial charge in [-0.05, 0) is 48.9 Å². The average Bonchev–Trinajstić information content (AvgIpc) is 3.15. The maximum Gasteiger partial charge on any atom is 0.252 e. The first kappa shape index (κ1) is 12.4. The van der Waals surface area contributed by atoms with Gasteiger partial charge in [-0.1, -0.05) is 0 Å². The Kier molecular flexibility index (Phi) is 3.34. The van der Waals surface area contributed by atoms with Crippen LogP contribution in [-0.4, -0.2) is 10.9 Å². The lowest BCUT2D eigenvalue weighted by Gasteiger charge is -2.06. The molecule has 0 aromatic carbocycles. The van der Waals surface area contributed by atoms with E-state index in [1.165, 1.54) is 17.7 Å². The van der Waals surface area contributed by atoms with Gasteiger partial charge >= 0.3 is 0 Å². The number of hydrogen-bond donors (Lipinski definition) is 1. The third-order valence-electron chi connectivity index (χ3n) is 3.45. The SMILES string of the molecule is Cc1ccncc1CNC(=O)c1csc(C2CC2)c1. The summed E-state index contributed by atoms with van der Waals surface area (Å²) < 4.78 is 0. The molecule has 3 nitrogen and oxygen atoms in total. The summed E-state index contributed by atoms with van der Waals surface area (Å²) in [6.45, 7) is 2.56. The quantitative estimate of drug-likeness (QED) is 0.928. The van der Waals surface area contributed by atoms with Gasteiger partial charge < -0.3 is 5.32 Å². The van der Waals surface area contributed by atoms with Gasteiger partial charge in [-0.25, -0.2) is 0 Å². The Labute approximate surface area is 116 Å². The predicted molar refractivity (Wildman–Crippen MR) is 76.4 cm³/mol. The molecule has 0 spiro atoms. The van der Waals surface area contributed by atoms with Crippen molar-refractivity contribution < 1.29 is 4.79 Å². The van der Waals surface area contributed by atoms with Crippen LogP contribution >= 0.6 is 11.3 Å². The number of carbonyl (C=O) groups is 1. The van der Waals surface area contributed by atoms with Crippen LogP contribution in [0.1, 0.15) is 45.1 Å². The van der Waals surface area contributed by atoms with Crippen LogP contribution in [0.4, 0.5) is 0 Å². The number of hydrogen-bond acceptors (Lipinski definition) is 3. The summed E-state index contributed by atoms with van der Waals surface area (Å²) in [5, 5.41) is 4.91. The van der Waals surface area contributed by atoms with E-state index in [2.05, 4.69) is 10.3 Å². The summed E-state index contributed by atoms with van der Waals surface area (Å²) >= 11 is 1.70. The molecule has 1 aliphatic carbocycles. The number of rotatable bonds is 4. The van der Waals surface area contributed by atoms with Crippen LogP contribution < -0.4 is 5.32 Å². The monoisotopic (exact) mass is 272 g/mol. The van der Waals surface area contributed by atoms with Gasteiger partial charge in [-0.3, -0.25) is 9.78 Å². The van der Waals surface area contributed by atoms with E-state index >= 15 is 0 Å². The highest BCUT2D eigenvalue weighted by atomic mass is 32.1. The minimum atomic E-state index is 0.00593. The van der Waals surface area contributed by atoms with Crippen molar-refractivity contribution in [2.24, 2.45) is 0 Å². The van der Waals surface area contributed by atoms with Crippen molar-refractivity contribution in [1.82, 2.24) is 10.3 Å². The summed E-state index contributed by atoms with van der Waals surface area (Å²) in [6, 6.07) is 3.99. The molecule has 1 N–H and O–H groups in total. The molecule has 98 valence electrons. The summed E-state index contributed by atoms with van der Waals surface area (Å²) in [4.78, 5) is 17.5. The maximum atomic E-state index is 12.1. The molecule has 0 aliphatic heterocycles. The van der Waals surface area contributed by atoms with Crippen molar-refractivity contribution in [1.29, 1.82) is 0 Å². The number of nitrogens with zero attached hydrogens (tertiary/aromatic N) is 1. The zero-order valence-electron chi connectivity index (χ0n) is 10.8. The second kappa shape index (κ2) is 5.13. The molecule has 1 fully saturated rings. The number of aryl methyl sites for hydroxylation is 1. The Morgan fingerprint density at radius 3 is 3.11 bits per heavy atom. The smallest absolute Gasteiger partial charge is 0.252 e. The number of aromatic nitrogens is 1. The highest BCUT2D eigenvalue weighted by Gasteiger charge is 2.25. The maximum absolute atomic E-state index is 12.1. The van der Waals surface area contributed by atoms with E-state index in [0.717, 1.165) is 16.7 Å². The van der Waals surface area contributed by atoms with Gasteiger partial charge in [-0.2, -0.15) is 0 Å². The lowest BCUT2D eigenvalue weighted by molar-refractivity contribution is 0.0951. The second-order valence-corrected chi connectivity index (χ2v) is 5.94. The third-order valence-corrected chi connectivity index (χ3v) is 4.54. The average molecular weight is 272 g/mol. The number of amides is 1. The normalized spacial score (nSPS) is 14.4. The molecule has 4 heteroatoms. The van der Waals surface area contributed by atoms with E-state index in [-0.39, 0.29) is 5.91 Å². The minimum Gasteiger partial charge on any atom is -0.348 e. The molecule has 1 saturated carbocycles. The molecular weight excluding hydrogens is 256 g/mol. The van der Waals surface area contributed by atoms with Crippen molar-refractivity contribution in [2.45, 2.75) is 32.2 Å². The second-order valence-electron chi connectivity index (χ2n) is 5.00. The molecule has 3 rings (SSSR count). The Morgan fingerprint density at radius 1 is 1.53 bits per heavy atom. The first-order chi connectivity index (χ1) is 9.24. The van der Waals surface area contributed by atoms with Gasteiger partial charge in [0.2, 0.25) is 0 Å². The Bertz CT molecular complexity index is 602. The van der Waals surface area contributed by atoms with E-state index in [9.17, 15) is 4.79 Å². The van der Waals surface area contributed by atoms with Gasteiger partial charge in [0.25, 0.3) is 5.91 Å². The van der Waals surface area contributed by atoms with Crippen LogP contribution in [0, 0.1) is 6.92 Å². The van der Waals surface area contributed by atoms with Crippen LogP contribution in [0.3, 0.4) is 0 Å². The zero-order chi connectivity index (χ0) is 13.2. The highest BCUT2D eigenvalue weighted by Crippen LogP contribution is 2.42. The molecule has 0 radical (unpaired) electrons. The Hall–Kier alpha value is -1.68. The van der Waals surface area contributed by atoms with Gasteiger partial charge in [-0.15, -0.1) is 11.3 Å². The van der Waals surface area contributed by atoms with Crippen LogP contribution in [0.25, 0.3) is 0 Å². The van der Waals surface area contributed by atoms with E-state index in [1.54, 1.807) is 23.7 Å². The van der Waals surface area contributed by atoms with Crippen molar-refractivity contribution in [2.75, 3.05) is 0 Å². The molecule has 1 amide bonds. The number of nitrogens with one attached hydrogen (secondary N) is 1. The van der Waals surface area contributed by atoms with Gasteiger partial charge in [0.1, 0.15) is 0 Å². The first-order valence-corrected chi connectivity index (χ1v) is 7.38. The largest absolute Gasteiger partial charge is 0.348 e. The molecule has 0 atom stereocenters. The number of pyridine rings is 1. The van der Waals surface area contributed by atoms with E-state index in [0.29, 0.717) is 12.5 Å². The fourth-order valence-corrected chi connectivity index (χ4v) is 3.07. The third kappa shape index (κ3) is 2.84. The van der Waals surface area contributed by atoms with Crippen molar-refractivity contribution in [3.05, 3.63) is 51.5 Å². The minimum absolute atomic E-state index is 0.00593. The lowest BCUT2D eigenvalue weighted by atomic mass is 10.1. The molecule has 0 unspecified atom stereocenters. The molecule has 0 saturated heterocycles. The Balaban J connectivity index is 1.63. The van der Waals surface area contributed by atoms with Crippen LogP contribution in [0.5, 0.6) is 0 Å². The fourth-order valence-electron chi connectivity index (χ4n) is 2.01. The first-order valence-electron chi connectivity index (χ1n) is 6.50. The Morgan fingerprint density at radius 2 is 2.37 bits per heavy atom. The number of thiophene rings is 1. The molecule has 2 aromatic rings. The van der Waals surface area contributed by atoms with Crippen molar-refractivity contribution in [3.63, 3.8) is 0 Å². The predicted octanol–water partition coefficient (Wildman–Crippen LogP) is 3.26. The molecule has 1 aliphatic rings. The zero-order valence-corrected chi connectivity index (χ0v) is 11.7. The highest BCUT2D eigenvalue weighted by molar-refractivity contribution is 7.10.